The SMILES string of the molecule is CCOC(=O)C(Cc1ccc(C(C)(C)C(=O)OC(C)(C)C)cc1)NC(=O)OCc1ccccc1. The molecule has 7 nitrogen and oxygen atoms in total. The number of hydrogen-bond acceptors (Lipinski definition) is 6. The molecule has 0 bridgehead atoms. The maximum Gasteiger partial charge on any atom is 0.408 e. The first kappa shape index (κ1) is 26.9. The summed E-state index contributed by atoms with van der Waals surface area (Å²) < 4.78 is 15.9. The van der Waals surface area contributed by atoms with Crippen molar-refractivity contribution >= 4 is 18.0 Å². The van der Waals surface area contributed by atoms with Gasteiger partial charge in [0.2, 0.25) is 0 Å². The van der Waals surface area contributed by atoms with Crippen molar-refractivity contribution in [3.8, 4) is 0 Å². The second kappa shape index (κ2) is 11.7. The van der Waals surface area contributed by atoms with E-state index < -0.39 is 29.1 Å². The summed E-state index contributed by atoms with van der Waals surface area (Å²) >= 11 is 0. The highest BCUT2D eigenvalue weighted by molar-refractivity contribution is 5.83. The van der Waals surface area contributed by atoms with Crippen LogP contribution in [0.4, 0.5) is 4.79 Å². The molecule has 0 aromatic heterocycles. The number of ether oxygens (including phenoxy) is 3. The normalized spacial score (nSPS) is 12.4. The molecule has 0 aliphatic rings. The van der Waals surface area contributed by atoms with Gasteiger partial charge in [-0.25, -0.2) is 9.59 Å². The molecule has 2 aromatic rings. The molecule has 2 aromatic carbocycles. The monoisotopic (exact) mass is 469 g/mol. The maximum atomic E-state index is 12.6. The lowest BCUT2D eigenvalue weighted by atomic mass is 9.84. The summed E-state index contributed by atoms with van der Waals surface area (Å²) in [5, 5.41) is 2.60. The molecular weight excluding hydrogens is 434 g/mol. The fraction of sp³-hybridized carbons (Fsp3) is 0.444. The van der Waals surface area contributed by atoms with Gasteiger partial charge in [0.15, 0.2) is 0 Å². The number of rotatable bonds is 9. The van der Waals surface area contributed by atoms with E-state index >= 15 is 0 Å². The zero-order valence-corrected chi connectivity index (χ0v) is 20.8. The summed E-state index contributed by atoms with van der Waals surface area (Å²) in [5.74, 6) is -0.864. The summed E-state index contributed by atoms with van der Waals surface area (Å²) in [7, 11) is 0. The zero-order valence-electron chi connectivity index (χ0n) is 20.8. The van der Waals surface area contributed by atoms with Gasteiger partial charge in [0.05, 0.1) is 12.0 Å². The molecule has 1 N–H and O–H groups in total. The van der Waals surface area contributed by atoms with E-state index in [1.807, 2.05) is 89.2 Å². The van der Waals surface area contributed by atoms with E-state index in [2.05, 4.69) is 5.32 Å². The molecule has 0 radical (unpaired) electrons. The van der Waals surface area contributed by atoms with Gasteiger partial charge in [0.25, 0.3) is 0 Å². The molecule has 0 heterocycles. The van der Waals surface area contributed by atoms with Gasteiger partial charge in [-0.15, -0.1) is 0 Å². The first-order valence-electron chi connectivity index (χ1n) is 11.4. The molecule has 7 heteroatoms. The summed E-state index contributed by atoms with van der Waals surface area (Å²) in [4.78, 5) is 37.4. The highest BCUT2D eigenvalue weighted by Crippen LogP contribution is 2.27. The third-order valence-corrected chi connectivity index (χ3v) is 5.10. The standard InChI is InChI=1S/C27H35NO6/c1-7-32-23(29)22(28-25(31)33-18-20-11-9-8-10-12-20)17-19-13-15-21(16-14-19)27(5,6)24(30)34-26(2,3)4/h8-16,22H,7,17-18H2,1-6H3,(H,28,31). The molecule has 1 amide bonds. The van der Waals surface area contributed by atoms with E-state index in [0.717, 1.165) is 16.7 Å². The minimum atomic E-state index is -0.909. The Labute approximate surface area is 201 Å². The molecule has 1 unspecified atom stereocenters. The van der Waals surface area contributed by atoms with Crippen molar-refractivity contribution in [3.63, 3.8) is 0 Å². The van der Waals surface area contributed by atoms with Gasteiger partial charge in [-0.1, -0.05) is 54.6 Å². The van der Waals surface area contributed by atoms with Crippen LogP contribution in [0.3, 0.4) is 0 Å². The third-order valence-electron chi connectivity index (χ3n) is 5.10. The number of alkyl carbamates (subject to hydrolysis) is 1. The van der Waals surface area contributed by atoms with E-state index in [4.69, 9.17) is 14.2 Å². The molecule has 1 atom stereocenters. The number of amides is 1. The quantitative estimate of drug-likeness (QED) is 0.423. The Hall–Kier alpha value is -3.35. The predicted octanol–water partition coefficient (Wildman–Crippen LogP) is 4.71. The zero-order chi connectivity index (χ0) is 25.4. The summed E-state index contributed by atoms with van der Waals surface area (Å²) in [5.41, 5.74) is 1.00. The van der Waals surface area contributed by atoms with Crippen LogP contribution in [0.2, 0.25) is 0 Å². The Morgan fingerprint density at radius 2 is 1.47 bits per heavy atom. The van der Waals surface area contributed by atoms with Gasteiger partial charge in [-0.3, -0.25) is 4.79 Å². The number of nitrogens with one attached hydrogen (secondary N) is 1. The highest BCUT2D eigenvalue weighted by Gasteiger charge is 2.34. The van der Waals surface area contributed by atoms with Crippen LogP contribution in [-0.2, 0) is 42.2 Å². The second-order valence-corrected chi connectivity index (χ2v) is 9.54. The van der Waals surface area contributed by atoms with E-state index in [0.29, 0.717) is 0 Å². The van der Waals surface area contributed by atoms with E-state index in [9.17, 15) is 14.4 Å². The van der Waals surface area contributed by atoms with Crippen LogP contribution in [0.15, 0.2) is 54.6 Å². The molecule has 0 spiro atoms. The van der Waals surface area contributed by atoms with Crippen molar-refractivity contribution in [1.29, 1.82) is 0 Å². The number of esters is 2. The Morgan fingerprint density at radius 3 is 2.03 bits per heavy atom. The molecule has 184 valence electrons. The van der Waals surface area contributed by atoms with Gasteiger partial charge in [0, 0.05) is 6.42 Å². The average Bonchev–Trinajstić information content (AvgIpc) is 2.77. The van der Waals surface area contributed by atoms with Gasteiger partial charge < -0.3 is 19.5 Å². The number of hydrogen-bond donors (Lipinski definition) is 1. The van der Waals surface area contributed by atoms with Crippen LogP contribution in [0.5, 0.6) is 0 Å². The van der Waals surface area contributed by atoms with Crippen LogP contribution < -0.4 is 5.32 Å². The largest absolute Gasteiger partial charge is 0.464 e. The van der Waals surface area contributed by atoms with Crippen molar-refractivity contribution < 1.29 is 28.6 Å². The Balaban J connectivity index is 2.07. The predicted molar refractivity (Wildman–Crippen MR) is 129 cm³/mol. The summed E-state index contributed by atoms with van der Waals surface area (Å²) in [6, 6.07) is 15.7. The van der Waals surface area contributed by atoms with E-state index in [1.165, 1.54) is 0 Å². The van der Waals surface area contributed by atoms with Crippen LogP contribution in [0.25, 0.3) is 0 Å². The molecule has 34 heavy (non-hydrogen) atoms. The first-order chi connectivity index (χ1) is 15.9. The molecule has 0 aliphatic heterocycles. The lowest BCUT2D eigenvalue weighted by Gasteiger charge is -2.29. The minimum absolute atomic E-state index is 0.0939. The Morgan fingerprint density at radius 1 is 0.853 bits per heavy atom. The summed E-state index contributed by atoms with van der Waals surface area (Å²) in [6.07, 6.45) is -0.489. The van der Waals surface area contributed by atoms with E-state index in [-0.39, 0.29) is 25.6 Å². The second-order valence-electron chi connectivity index (χ2n) is 9.54. The summed E-state index contributed by atoms with van der Waals surface area (Å²) in [6.45, 7) is 11.1. The maximum absolute atomic E-state index is 12.6. The van der Waals surface area contributed by atoms with Crippen molar-refractivity contribution in [3.05, 3.63) is 71.3 Å². The topological polar surface area (TPSA) is 90.9 Å². The lowest BCUT2D eigenvalue weighted by molar-refractivity contribution is -0.160. The van der Waals surface area contributed by atoms with Gasteiger partial charge in [-0.05, 0) is 58.2 Å². The molecular formula is C27H35NO6. The molecule has 0 fully saturated rings. The fourth-order valence-corrected chi connectivity index (χ4v) is 3.16. The van der Waals surface area contributed by atoms with Crippen molar-refractivity contribution in [1.82, 2.24) is 5.32 Å². The van der Waals surface area contributed by atoms with Crippen molar-refractivity contribution in [2.75, 3.05) is 6.61 Å². The van der Waals surface area contributed by atoms with Crippen molar-refractivity contribution in [2.24, 2.45) is 0 Å². The molecule has 2 rings (SSSR count). The van der Waals surface area contributed by atoms with Crippen LogP contribution in [0, 0.1) is 0 Å². The Kier molecular flexibility index (Phi) is 9.24. The molecule has 0 saturated carbocycles. The van der Waals surface area contributed by atoms with Gasteiger partial charge >= 0.3 is 18.0 Å². The number of carbonyl (C=O) groups excluding carboxylic acids is 3. The fourth-order valence-electron chi connectivity index (χ4n) is 3.16. The number of carbonyl (C=O) groups is 3. The van der Waals surface area contributed by atoms with Crippen LogP contribution in [0.1, 0.15) is 58.2 Å². The van der Waals surface area contributed by atoms with Crippen LogP contribution in [-0.4, -0.2) is 36.3 Å². The van der Waals surface area contributed by atoms with Gasteiger partial charge in [0.1, 0.15) is 18.2 Å². The van der Waals surface area contributed by atoms with Crippen molar-refractivity contribution in [2.45, 2.75) is 71.6 Å². The number of benzene rings is 2. The average molecular weight is 470 g/mol. The first-order valence-corrected chi connectivity index (χ1v) is 11.4. The smallest absolute Gasteiger partial charge is 0.408 e. The minimum Gasteiger partial charge on any atom is -0.464 e. The Bertz CT molecular complexity index is 961. The van der Waals surface area contributed by atoms with Gasteiger partial charge in [-0.2, -0.15) is 0 Å². The van der Waals surface area contributed by atoms with E-state index in [1.54, 1.807) is 6.92 Å². The third kappa shape index (κ3) is 8.21. The molecule has 0 saturated heterocycles. The molecule has 0 aliphatic carbocycles. The van der Waals surface area contributed by atoms with Crippen LogP contribution >= 0.6 is 0 Å². The lowest BCUT2D eigenvalue weighted by Crippen LogP contribution is -2.43. The highest BCUT2D eigenvalue weighted by atomic mass is 16.6.